The van der Waals surface area contributed by atoms with Crippen LogP contribution in [0, 0.1) is 6.92 Å². The van der Waals surface area contributed by atoms with E-state index in [9.17, 15) is 4.55 Å². The van der Waals surface area contributed by atoms with Crippen LogP contribution in [0.5, 0.6) is 0 Å². The zero-order chi connectivity index (χ0) is 9.14. The summed E-state index contributed by atoms with van der Waals surface area (Å²) in [4.78, 5) is 0.926. The predicted molar refractivity (Wildman–Crippen MR) is 52.7 cm³/mol. The second-order valence-corrected chi connectivity index (χ2v) is 5.17. The summed E-state index contributed by atoms with van der Waals surface area (Å²) in [5.41, 5.74) is 1.21. The van der Waals surface area contributed by atoms with Gasteiger partial charge in [-0.1, -0.05) is 17.7 Å². The highest BCUT2D eigenvalue weighted by Gasteiger charge is 2.13. The van der Waals surface area contributed by atoms with E-state index in [4.69, 9.17) is 0 Å². The van der Waals surface area contributed by atoms with E-state index in [1.165, 1.54) is 5.56 Å². The average Bonchev–Trinajstić information content (AvgIpc) is 2.04. The summed E-state index contributed by atoms with van der Waals surface area (Å²) in [6.07, 6.45) is 0. The predicted octanol–water partition coefficient (Wildman–Crippen LogP) is 2.51. The molecule has 0 saturated carbocycles. The fourth-order valence-electron chi connectivity index (χ4n) is 0.945. The van der Waals surface area contributed by atoms with Gasteiger partial charge in [-0.25, -0.2) is 0 Å². The number of rotatable bonds is 2. The van der Waals surface area contributed by atoms with Gasteiger partial charge in [-0.2, -0.15) is 0 Å². The largest absolute Gasteiger partial charge is 0.611 e. The smallest absolute Gasteiger partial charge is 0.152 e. The molecule has 1 atom stereocenters. The summed E-state index contributed by atoms with van der Waals surface area (Å²) in [5, 5.41) is 0.202. The molecule has 0 N–H and O–H groups in total. The van der Waals surface area contributed by atoms with E-state index in [0.29, 0.717) is 0 Å². The van der Waals surface area contributed by atoms with Gasteiger partial charge in [0.15, 0.2) is 4.90 Å². The Hall–Kier alpha value is -0.470. The van der Waals surface area contributed by atoms with Crippen LogP contribution in [0.3, 0.4) is 0 Å². The van der Waals surface area contributed by atoms with Crippen LogP contribution < -0.4 is 0 Å². The Bertz CT molecular complexity index is 241. The molecule has 1 nitrogen and oxygen atoms in total. The third kappa shape index (κ3) is 2.26. The molecule has 0 amide bonds. The lowest BCUT2D eigenvalue weighted by atomic mass is 10.2. The molecular weight excluding hydrogens is 168 g/mol. The summed E-state index contributed by atoms with van der Waals surface area (Å²) in [7, 11) is 0. The Morgan fingerprint density at radius 1 is 1.17 bits per heavy atom. The molecule has 0 spiro atoms. The molecule has 0 saturated heterocycles. The van der Waals surface area contributed by atoms with Crippen molar-refractivity contribution in [3.63, 3.8) is 0 Å². The first kappa shape index (κ1) is 9.62. The van der Waals surface area contributed by atoms with Crippen molar-refractivity contribution in [3.8, 4) is 0 Å². The third-order valence-electron chi connectivity index (χ3n) is 1.68. The van der Waals surface area contributed by atoms with Crippen LogP contribution in [-0.4, -0.2) is 9.80 Å². The summed E-state index contributed by atoms with van der Waals surface area (Å²) >= 11 is -0.843. The summed E-state index contributed by atoms with van der Waals surface area (Å²) in [6, 6.07) is 7.86. The van der Waals surface area contributed by atoms with Gasteiger partial charge in [0.2, 0.25) is 0 Å². The van der Waals surface area contributed by atoms with Gasteiger partial charge in [0.25, 0.3) is 0 Å². The van der Waals surface area contributed by atoms with E-state index in [1.807, 2.05) is 45.0 Å². The molecule has 0 aliphatic heterocycles. The van der Waals surface area contributed by atoms with E-state index in [1.54, 1.807) is 0 Å². The summed E-state index contributed by atoms with van der Waals surface area (Å²) < 4.78 is 11.6. The van der Waals surface area contributed by atoms with E-state index in [2.05, 4.69) is 0 Å². The van der Waals surface area contributed by atoms with Gasteiger partial charge in [-0.15, -0.1) is 0 Å². The molecule has 1 unspecified atom stereocenters. The van der Waals surface area contributed by atoms with Gasteiger partial charge in [0.1, 0.15) is 5.25 Å². The fourth-order valence-corrected chi connectivity index (χ4v) is 1.89. The lowest BCUT2D eigenvalue weighted by Crippen LogP contribution is -2.13. The SMILES string of the molecule is Cc1ccc([S+]([O-])C(C)C)cc1. The minimum absolute atomic E-state index is 0.202. The summed E-state index contributed by atoms with van der Waals surface area (Å²) in [5.74, 6) is 0. The van der Waals surface area contributed by atoms with Gasteiger partial charge in [0, 0.05) is 0 Å². The first-order valence-electron chi connectivity index (χ1n) is 4.08. The molecule has 0 bridgehead atoms. The second kappa shape index (κ2) is 3.97. The van der Waals surface area contributed by atoms with E-state index >= 15 is 0 Å². The molecule has 0 aromatic heterocycles. The topological polar surface area (TPSA) is 23.1 Å². The van der Waals surface area contributed by atoms with E-state index < -0.39 is 11.2 Å². The molecule has 1 aromatic carbocycles. The zero-order valence-corrected chi connectivity index (χ0v) is 8.52. The molecule has 0 aliphatic carbocycles. The lowest BCUT2D eigenvalue weighted by Gasteiger charge is -2.13. The first-order valence-corrected chi connectivity index (χ1v) is 5.30. The molecular formula is C10H14OS. The van der Waals surface area contributed by atoms with Crippen LogP contribution in [0.4, 0.5) is 0 Å². The molecule has 66 valence electrons. The van der Waals surface area contributed by atoms with Crippen molar-refractivity contribution in [2.75, 3.05) is 0 Å². The van der Waals surface area contributed by atoms with E-state index in [0.717, 1.165) is 4.90 Å². The van der Waals surface area contributed by atoms with Crippen molar-refractivity contribution < 1.29 is 4.55 Å². The number of aryl methyl sites for hydroxylation is 1. The second-order valence-electron chi connectivity index (χ2n) is 3.16. The molecule has 12 heavy (non-hydrogen) atoms. The maximum absolute atomic E-state index is 11.6. The van der Waals surface area contributed by atoms with Gasteiger partial charge in [0.05, 0.1) is 0 Å². The van der Waals surface area contributed by atoms with Gasteiger partial charge in [-0.3, -0.25) is 0 Å². The normalized spacial score (nSPS) is 13.4. The van der Waals surface area contributed by atoms with Crippen molar-refractivity contribution in [1.82, 2.24) is 0 Å². The molecule has 0 aliphatic rings. The minimum atomic E-state index is -0.843. The Balaban J connectivity index is 2.82. The molecule has 1 rings (SSSR count). The Morgan fingerprint density at radius 2 is 1.67 bits per heavy atom. The Labute approximate surface area is 77.0 Å². The van der Waals surface area contributed by atoms with Crippen LogP contribution in [0.2, 0.25) is 0 Å². The molecule has 0 radical (unpaired) electrons. The third-order valence-corrected chi connectivity index (χ3v) is 3.27. The lowest BCUT2D eigenvalue weighted by molar-refractivity contribution is 0.586. The molecule has 1 aromatic rings. The zero-order valence-electron chi connectivity index (χ0n) is 7.70. The Kier molecular flexibility index (Phi) is 3.18. The van der Waals surface area contributed by atoms with Crippen LogP contribution in [-0.2, 0) is 11.2 Å². The summed E-state index contributed by atoms with van der Waals surface area (Å²) in [6.45, 7) is 5.97. The standard InChI is InChI=1S/C10H14OS/c1-8(2)12(11)10-6-4-9(3)5-7-10/h4-8H,1-3H3. The number of hydrogen-bond donors (Lipinski definition) is 0. The van der Waals surface area contributed by atoms with Crippen LogP contribution in [0.25, 0.3) is 0 Å². The number of benzene rings is 1. The van der Waals surface area contributed by atoms with Crippen LogP contribution >= 0.6 is 0 Å². The van der Waals surface area contributed by atoms with Crippen molar-refractivity contribution in [1.29, 1.82) is 0 Å². The van der Waals surface area contributed by atoms with Gasteiger partial charge >= 0.3 is 0 Å². The average molecular weight is 182 g/mol. The quantitative estimate of drug-likeness (QED) is 0.644. The van der Waals surface area contributed by atoms with Crippen molar-refractivity contribution >= 4 is 11.2 Å². The molecule has 2 heteroatoms. The molecule has 0 heterocycles. The van der Waals surface area contributed by atoms with Crippen LogP contribution in [0.1, 0.15) is 19.4 Å². The minimum Gasteiger partial charge on any atom is -0.611 e. The van der Waals surface area contributed by atoms with Crippen molar-refractivity contribution in [2.24, 2.45) is 0 Å². The highest BCUT2D eigenvalue weighted by molar-refractivity contribution is 7.92. The van der Waals surface area contributed by atoms with Crippen molar-refractivity contribution in [2.45, 2.75) is 30.9 Å². The maximum atomic E-state index is 11.6. The van der Waals surface area contributed by atoms with E-state index in [-0.39, 0.29) is 5.25 Å². The Morgan fingerprint density at radius 3 is 2.08 bits per heavy atom. The van der Waals surface area contributed by atoms with Gasteiger partial charge in [-0.05, 0) is 44.1 Å². The van der Waals surface area contributed by atoms with Crippen LogP contribution in [0.15, 0.2) is 29.2 Å². The number of hydrogen-bond acceptors (Lipinski definition) is 1. The van der Waals surface area contributed by atoms with Crippen molar-refractivity contribution in [3.05, 3.63) is 29.8 Å². The first-order chi connectivity index (χ1) is 5.61. The highest BCUT2D eigenvalue weighted by atomic mass is 32.2. The fraction of sp³-hybridized carbons (Fsp3) is 0.400. The molecule has 0 fully saturated rings. The van der Waals surface area contributed by atoms with Gasteiger partial charge < -0.3 is 4.55 Å². The monoisotopic (exact) mass is 182 g/mol. The maximum Gasteiger partial charge on any atom is 0.152 e. The highest BCUT2D eigenvalue weighted by Crippen LogP contribution is 2.15.